The summed E-state index contributed by atoms with van der Waals surface area (Å²) >= 11 is 6.07. The number of nitrogens with one attached hydrogen (secondary N) is 1. The average molecular weight is 372 g/mol. The summed E-state index contributed by atoms with van der Waals surface area (Å²) in [6, 6.07) is 18.5. The number of anilines is 1. The standard InChI is InChI=1S/C21H26ClN3O/c1-17(18-6-3-2-4-7-18)23-11-10-21(26)25-14-12-24(13-15-25)20-9-5-8-19(22)16-20/h2-9,16-17,23H,10-15H2,1H3. The summed E-state index contributed by atoms with van der Waals surface area (Å²) in [6.07, 6.45) is 0.536. The van der Waals surface area contributed by atoms with Crippen LogP contribution in [0.15, 0.2) is 54.6 Å². The van der Waals surface area contributed by atoms with E-state index in [1.165, 1.54) is 5.56 Å². The van der Waals surface area contributed by atoms with Crippen molar-refractivity contribution in [2.24, 2.45) is 0 Å². The minimum Gasteiger partial charge on any atom is -0.368 e. The topological polar surface area (TPSA) is 35.6 Å². The van der Waals surface area contributed by atoms with Crippen LogP contribution >= 0.6 is 11.6 Å². The van der Waals surface area contributed by atoms with Crippen molar-refractivity contribution in [1.82, 2.24) is 10.2 Å². The van der Waals surface area contributed by atoms with E-state index in [2.05, 4.69) is 35.3 Å². The van der Waals surface area contributed by atoms with Crippen molar-refractivity contribution < 1.29 is 4.79 Å². The van der Waals surface area contributed by atoms with E-state index in [-0.39, 0.29) is 11.9 Å². The third-order valence-corrected chi connectivity index (χ3v) is 5.13. The van der Waals surface area contributed by atoms with Gasteiger partial charge in [-0.05, 0) is 30.7 Å². The number of carbonyl (C=O) groups is 1. The van der Waals surface area contributed by atoms with Gasteiger partial charge in [0.1, 0.15) is 0 Å². The minimum absolute atomic E-state index is 0.225. The highest BCUT2D eigenvalue weighted by Gasteiger charge is 2.21. The van der Waals surface area contributed by atoms with Gasteiger partial charge in [-0.25, -0.2) is 0 Å². The highest BCUT2D eigenvalue weighted by molar-refractivity contribution is 6.30. The van der Waals surface area contributed by atoms with Crippen LogP contribution in [0.3, 0.4) is 0 Å². The molecule has 2 aromatic rings. The van der Waals surface area contributed by atoms with Gasteiger partial charge >= 0.3 is 0 Å². The Morgan fingerprint density at radius 1 is 1.08 bits per heavy atom. The van der Waals surface area contributed by atoms with Crippen LogP contribution in [0.1, 0.15) is 24.9 Å². The average Bonchev–Trinajstić information content (AvgIpc) is 2.68. The molecule has 3 rings (SSSR count). The predicted octanol–water partition coefficient (Wildman–Crippen LogP) is 3.73. The molecule has 0 radical (unpaired) electrons. The molecule has 1 aliphatic rings. The Hall–Kier alpha value is -2.04. The van der Waals surface area contributed by atoms with Crippen molar-refractivity contribution in [2.45, 2.75) is 19.4 Å². The van der Waals surface area contributed by atoms with Crippen LogP contribution in [-0.4, -0.2) is 43.5 Å². The van der Waals surface area contributed by atoms with Gasteiger partial charge in [-0.3, -0.25) is 4.79 Å². The number of carbonyl (C=O) groups excluding carboxylic acids is 1. The number of amides is 1. The summed E-state index contributed by atoms with van der Waals surface area (Å²) in [7, 11) is 0. The fourth-order valence-corrected chi connectivity index (χ4v) is 3.48. The van der Waals surface area contributed by atoms with Crippen LogP contribution in [0.25, 0.3) is 0 Å². The molecule has 0 bridgehead atoms. The first-order valence-electron chi connectivity index (χ1n) is 9.20. The first-order chi connectivity index (χ1) is 12.6. The number of nitrogens with zero attached hydrogens (tertiary/aromatic N) is 2. The third kappa shape index (κ3) is 4.99. The van der Waals surface area contributed by atoms with Crippen LogP contribution in [0.5, 0.6) is 0 Å². The van der Waals surface area contributed by atoms with Gasteiger partial charge in [-0.15, -0.1) is 0 Å². The lowest BCUT2D eigenvalue weighted by molar-refractivity contribution is -0.131. The lowest BCUT2D eigenvalue weighted by Crippen LogP contribution is -2.49. The van der Waals surface area contributed by atoms with Gasteiger partial charge in [0.15, 0.2) is 0 Å². The van der Waals surface area contributed by atoms with Gasteiger partial charge < -0.3 is 15.1 Å². The van der Waals surface area contributed by atoms with Crippen LogP contribution in [0.4, 0.5) is 5.69 Å². The molecule has 1 amide bonds. The second-order valence-corrected chi connectivity index (χ2v) is 7.12. The van der Waals surface area contributed by atoms with Crippen LogP contribution in [-0.2, 0) is 4.79 Å². The van der Waals surface area contributed by atoms with E-state index < -0.39 is 0 Å². The monoisotopic (exact) mass is 371 g/mol. The molecule has 1 unspecified atom stereocenters. The zero-order chi connectivity index (χ0) is 18.4. The number of halogens is 1. The van der Waals surface area contributed by atoms with Crippen LogP contribution < -0.4 is 10.2 Å². The smallest absolute Gasteiger partial charge is 0.223 e. The second kappa shape index (κ2) is 9.06. The van der Waals surface area contributed by atoms with Crippen molar-refractivity contribution >= 4 is 23.2 Å². The highest BCUT2D eigenvalue weighted by atomic mass is 35.5. The molecule has 1 aliphatic heterocycles. The number of hydrogen-bond acceptors (Lipinski definition) is 3. The zero-order valence-electron chi connectivity index (χ0n) is 15.2. The summed E-state index contributed by atoms with van der Waals surface area (Å²) in [4.78, 5) is 16.7. The predicted molar refractivity (Wildman–Crippen MR) is 108 cm³/mol. The van der Waals surface area contributed by atoms with E-state index in [9.17, 15) is 4.79 Å². The molecule has 4 nitrogen and oxygen atoms in total. The number of rotatable bonds is 6. The maximum atomic E-state index is 12.5. The number of hydrogen-bond donors (Lipinski definition) is 1. The summed E-state index contributed by atoms with van der Waals surface area (Å²) < 4.78 is 0. The molecule has 1 fully saturated rings. The number of benzene rings is 2. The zero-order valence-corrected chi connectivity index (χ0v) is 16.0. The maximum absolute atomic E-state index is 12.5. The maximum Gasteiger partial charge on any atom is 0.223 e. The normalized spacial score (nSPS) is 15.8. The van der Waals surface area contributed by atoms with E-state index in [0.29, 0.717) is 13.0 Å². The largest absolute Gasteiger partial charge is 0.368 e. The molecule has 1 saturated heterocycles. The Kier molecular flexibility index (Phi) is 6.53. The van der Waals surface area contributed by atoms with Crippen molar-refractivity contribution in [2.75, 3.05) is 37.6 Å². The quantitative estimate of drug-likeness (QED) is 0.840. The van der Waals surface area contributed by atoms with Gasteiger partial charge in [0.25, 0.3) is 0 Å². The van der Waals surface area contributed by atoms with Crippen molar-refractivity contribution in [3.05, 3.63) is 65.2 Å². The van der Waals surface area contributed by atoms with E-state index in [1.54, 1.807) is 0 Å². The molecular weight excluding hydrogens is 346 g/mol. The summed E-state index contributed by atoms with van der Waals surface area (Å²) in [5, 5.41) is 4.19. The van der Waals surface area contributed by atoms with Crippen molar-refractivity contribution in [3.63, 3.8) is 0 Å². The summed E-state index contributed by atoms with van der Waals surface area (Å²) in [5.41, 5.74) is 2.37. The first kappa shape index (κ1) is 18.7. The molecule has 0 spiro atoms. The molecule has 1 heterocycles. The highest BCUT2D eigenvalue weighted by Crippen LogP contribution is 2.21. The third-order valence-electron chi connectivity index (χ3n) is 4.89. The molecule has 0 saturated carbocycles. The van der Waals surface area contributed by atoms with E-state index in [1.807, 2.05) is 41.3 Å². The minimum atomic E-state index is 0.225. The molecule has 0 aromatic heterocycles. The van der Waals surface area contributed by atoms with Crippen LogP contribution in [0.2, 0.25) is 5.02 Å². The Labute approximate surface area is 160 Å². The SMILES string of the molecule is CC(NCCC(=O)N1CCN(c2cccc(Cl)c2)CC1)c1ccccc1. The lowest BCUT2D eigenvalue weighted by Gasteiger charge is -2.36. The summed E-state index contributed by atoms with van der Waals surface area (Å²) in [6.45, 7) is 6.05. The second-order valence-electron chi connectivity index (χ2n) is 6.68. The molecular formula is C21H26ClN3O. The Morgan fingerprint density at radius 2 is 1.81 bits per heavy atom. The number of piperazine rings is 1. The fraction of sp³-hybridized carbons (Fsp3) is 0.381. The molecule has 0 aliphatic carbocycles. The Balaban J connectivity index is 1.41. The molecule has 26 heavy (non-hydrogen) atoms. The first-order valence-corrected chi connectivity index (χ1v) is 9.58. The van der Waals surface area contributed by atoms with Gasteiger partial charge in [0.2, 0.25) is 5.91 Å². The molecule has 1 N–H and O–H groups in total. The van der Waals surface area contributed by atoms with Gasteiger partial charge in [-0.1, -0.05) is 48.0 Å². The molecule has 5 heteroatoms. The Bertz CT molecular complexity index is 714. The fourth-order valence-electron chi connectivity index (χ4n) is 3.30. The molecule has 1 atom stereocenters. The molecule has 2 aromatic carbocycles. The van der Waals surface area contributed by atoms with E-state index >= 15 is 0 Å². The van der Waals surface area contributed by atoms with Crippen molar-refractivity contribution in [3.8, 4) is 0 Å². The lowest BCUT2D eigenvalue weighted by atomic mass is 10.1. The van der Waals surface area contributed by atoms with E-state index in [0.717, 1.165) is 36.9 Å². The van der Waals surface area contributed by atoms with E-state index in [4.69, 9.17) is 11.6 Å². The molecule has 138 valence electrons. The van der Waals surface area contributed by atoms with Crippen LogP contribution in [0, 0.1) is 0 Å². The van der Waals surface area contributed by atoms with Gasteiger partial charge in [0, 0.05) is 55.9 Å². The summed E-state index contributed by atoms with van der Waals surface area (Å²) in [5.74, 6) is 0.225. The Morgan fingerprint density at radius 3 is 2.50 bits per heavy atom. The van der Waals surface area contributed by atoms with Gasteiger partial charge in [0.05, 0.1) is 0 Å². The van der Waals surface area contributed by atoms with Crippen molar-refractivity contribution in [1.29, 1.82) is 0 Å². The van der Waals surface area contributed by atoms with Gasteiger partial charge in [-0.2, -0.15) is 0 Å².